The van der Waals surface area contributed by atoms with Gasteiger partial charge in [-0.1, -0.05) is 65.0 Å². The van der Waals surface area contributed by atoms with Crippen molar-refractivity contribution in [3.05, 3.63) is 68.7 Å². The van der Waals surface area contributed by atoms with Crippen LogP contribution in [0.3, 0.4) is 0 Å². The SMILES string of the molecule is O=C1NC(=O)N(C2CCCCC2)C(=O)C1=Cc1cc(Br)ccc1OCc1ccccc1Cl. The second-order valence-electron chi connectivity index (χ2n) is 7.85. The number of amides is 4. The fraction of sp³-hybridized carbons (Fsp3) is 0.292. The van der Waals surface area contributed by atoms with Crippen LogP contribution in [0.1, 0.15) is 43.2 Å². The minimum atomic E-state index is -0.705. The molecule has 1 N–H and O–H groups in total. The van der Waals surface area contributed by atoms with E-state index in [1.54, 1.807) is 18.2 Å². The molecule has 4 amide bonds. The number of carbonyl (C=O) groups is 3. The Kier molecular flexibility index (Phi) is 6.96. The van der Waals surface area contributed by atoms with Gasteiger partial charge in [0.05, 0.1) is 0 Å². The van der Waals surface area contributed by atoms with E-state index in [0.29, 0.717) is 16.3 Å². The van der Waals surface area contributed by atoms with Crippen LogP contribution in [-0.4, -0.2) is 28.8 Å². The molecule has 1 saturated heterocycles. The van der Waals surface area contributed by atoms with Crippen LogP contribution < -0.4 is 10.1 Å². The Morgan fingerprint density at radius 1 is 1.09 bits per heavy atom. The number of rotatable bonds is 5. The molecule has 2 aromatic carbocycles. The van der Waals surface area contributed by atoms with Gasteiger partial charge in [-0.2, -0.15) is 0 Å². The second kappa shape index (κ2) is 9.88. The highest BCUT2D eigenvalue weighted by Gasteiger charge is 2.40. The summed E-state index contributed by atoms with van der Waals surface area (Å²) in [5.74, 6) is -0.783. The molecule has 4 rings (SSSR count). The van der Waals surface area contributed by atoms with Crippen molar-refractivity contribution >= 4 is 51.5 Å². The third kappa shape index (κ3) is 4.89. The fourth-order valence-electron chi connectivity index (χ4n) is 4.03. The molecule has 1 aliphatic heterocycles. The molecule has 8 heteroatoms. The van der Waals surface area contributed by atoms with Crippen LogP contribution in [0.25, 0.3) is 6.08 Å². The number of carbonyl (C=O) groups excluding carboxylic acids is 3. The average Bonchev–Trinajstić information content (AvgIpc) is 2.77. The molecule has 1 saturated carbocycles. The molecular formula is C24H22BrClN2O4. The third-order valence-corrected chi connectivity index (χ3v) is 6.55. The largest absolute Gasteiger partial charge is 0.488 e. The van der Waals surface area contributed by atoms with Crippen molar-refractivity contribution in [2.75, 3.05) is 0 Å². The predicted octanol–water partition coefficient (Wildman–Crippen LogP) is 5.48. The minimum Gasteiger partial charge on any atom is -0.488 e. The van der Waals surface area contributed by atoms with E-state index in [9.17, 15) is 14.4 Å². The van der Waals surface area contributed by atoms with Crippen molar-refractivity contribution in [3.8, 4) is 5.75 Å². The lowest BCUT2D eigenvalue weighted by Crippen LogP contribution is -2.58. The summed E-state index contributed by atoms with van der Waals surface area (Å²) in [6, 6.07) is 11.9. The molecule has 0 radical (unpaired) electrons. The second-order valence-corrected chi connectivity index (χ2v) is 9.17. The first-order chi connectivity index (χ1) is 15.4. The maximum Gasteiger partial charge on any atom is 0.331 e. The highest BCUT2D eigenvalue weighted by Crippen LogP contribution is 2.30. The van der Waals surface area contributed by atoms with Gasteiger partial charge in [-0.05, 0) is 43.2 Å². The van der Waals surface area contributed by atoms with Crippen LogP contribution in [0.15, 0.2) is 52.5 Å². The van der Waals surface area contributed by atoms with Gasteiger partial charge >= 0.3 is 6.03 Å². The van der Waals surface area contributed by atoms with Crippen LogP contribution >= 0.6 is 27.5 Å². The monoisotopic (exact) mass is 516 g/mol. The molecular weight excluding hydrogens is 496 g/mol. The molecule has 32 heavy (non-hydrogen) atoms. The summed E-state index contributed by atoms with van der Waals surface area (Å²) in [5, 5.41) is 2.91. The van der Waals surface area contributed by atoms with E-state index in [1.807, 2.05) is 24.3 Å². The Morgan fingerprint density at radius 2 is 1.84 bits per heavy atom. The van der Waals surface area contributed by atoms with Crippen LogP contribution in [0.2, 0.25) is 5.02 Å². The van der Waals surface area contributed by atoms with E-state index in [1.165, 1.54) is 11.0 Å². The van der Waals surface area contributed by atoms with Crippen molar-refractivity contribution < 1.29 is 19.1 Å². The van der Waals surface area contributed by atoms with Crippen LogP contribution in [-0.2, 0) is 16.2 Å². The van der Waals surface area contributed by atoms with E-state index < -0.39 is 17.8 Å². The molecule has 1 aliphatic carbocycles. The molecule has 2 aliphatic rings. The lowest BCUT2D eigenvalue weighted by Gasteiger charge is -2.35. The molecule has 0 atom stereocenters. The van der Waals surface area contributed by atoms with Crippen molar-refractivity contribution in [2.24, 2.45) is 0 Å². The number of nitrogens with one attached hydrogen (secondary N) is 1. The van der Waals surface area contributed by atoms with E-state index >= 15 is 0 Å². The zero-order valence-corrected chi connectivity index (χ0v) is 19.6. The third-order valence-electron chi connectivity index (χ3n) is 5.69. The van der Waals surface area contributed by atoms with Gasteiger partial charge in [-0.15, -0.1) is 0 Å². The number of nitrogens with zero attached hydrogens (tertiary/aromatic N) is 1. The quantitative estimate of drug-likeness (QED) is 0.421. The molecule has 1 heterocycles. The van der Waals surface area contributed by atoms with E-state index in [0.717, 1.165) is 42.1 Å². The molecule has 0 unspecified atom stereocenters. The van der Waals surface area contributed by atoms with Gasteiger partial charge in [0.25, 0.3) is 11.8 Å². The number of hydrogen-bond donors (Lipinski definition) is 1. The van der Waals surface area contributed by atoms with Gasteiger partial charge in [0.15, 0.2) is 0 Å². The number of ether oxygens (including phenoxy) is 1. The average molecular weight is 518 g/mol. The van der Waals surface area contributed by atoms with E-state index in [-0.39, 0.29) is 18.2 Å². The summed E-state index contributed by atoms with van der Waals surface area (Å²) < 4.78 is 6.72. The summed E-state index contributed by atoms with van der Waals surface area (Å²) in [6.45, 7) is 0.226. The molecule has 6 nitrogen and oxygen atoms in total. The highest BCUT2D eigenvalue weighted by atomic mass is 79.9. The van der Waals surface area contributed by atoms with Gasteiger partial charge in [0.2, 0.25) is 0 Å². The molecule has 2 aromatic rings. The first-order valence-electron chi connectivity index (χ1n) is 10.5. The smallest absolute Gasteiger partial charge is 0.331 e. The van der Waals surface area contributed by atoms with Gasteiger partial charge in [-0.3, -0.25) is 19.8 Å². The highest BCUT2D eigenvalue weighted by molar-refractivity contribution is 9.10. The minimum absolute atomic E-state index is 0.0872. The normalized spacial score (nSPS) is 18.8. The Balaban J connectivity index is 1.63. The molecule has 0 spiro atoms. The van der Waals surface area contributed by atoms with Gasteiger partial charge in [0, 0.05) is 26.7 Å². The number of imide groups is 2. The van der Waals surface area contributed by atoms with Crippen molar-refractivity contribution in [2.45, 2.75) is 44.8 Å². The summed E-state index contributed by atoms with van der Waals surface area (Å²) in [5.41, 5.74) is 1.27. The topological polar surface area (TPSA) is 75.7 Å². The number of urea groups is 1. The van der Waals surface area contributed by atoms with Crippen LogP contribution in [0, 0.1) is 0 Å². The summed E-state index contributed by atoms with van der Waals surface area (Å²) in [7, 11) is 0. The maximum absolute atomic E-state index is 13.2. The van der Waals surface area contributed by atoms with Crippen molar-refractivity contribution in [3.63, 3.8) is 0 Å². The van der Waals surface area contributed by atoms with Crippen molar-refractivity contribution in [1.82, 2.24) is 10.2 Å². The van der Waals surface area contributed by atoms with Crippen molar-refractivity contribution in [1.29, 1.82) is 0 Å². The maximum atomic E-state index is 13.2. The lowest BCUT2D eigenvalue weighted by atomic mass is 9.93. The standard InChI is InChI=1S/C24H22BrClN2O4/c25-17-10-11-21(32-14-15-6-4-5-9-20(15)26)16(12-17)13-19-22(29)27-24(31)28(23(19)30)18-7-2-1-3-8-18/h4-6,9-13,18H,1-3,7-8,14H2,(H,27,29,31). The summed E-state index contributed by atoms with van der Waals surface area (Å²) in [6.07, 6.45) is 5.99. The number of halogens is 2. The predicted molar refractivity (Wildman–Crippen MR) is 125 cm³/mol. The molecule has 0 aromatic heterocycles. The molecule has 166 valence electrons. The number of hydrogen-bond acceptors (Lipinski definition) is 4. The van der Waals surface area contributed by atoms with Gasteiger partial charge in [-0.25, -0.2) is 4.79 Å². The Labute approximate surface area is 199 Å². The van der Waals surface area contributed by atoms with E-state index in [2.05, 4.69) is 21.2 Å². The first-order valence-corrected chi connectivity index (χ1v) is 11.7. The van der Waals surface area contributed by atoms with E-state index in [4.69, 9.17) is 16.3 Å². The van der Waals surface area contributed by atoms with Crippen LogP contribution in [0.5, 0.6) is 5.75 Å². The Bertz CT molecular complexity index is 1100. The van der Waals surface area contributed by atoms with Crippen LogP contribution in [0.4, 0.5) is 4.79 Å². The molecule has 2 fully saturated rings. The fourth-order valence-corrected chi connectivity index (χ4v) is 4.60. The first kappa shape index (κ1) is 22.6. The summed E-state index contributed by atoms with van der Waals surface area (Å²) >= 11 is 9.65. The van der Waals surface area contributed by atoms with Gasteiger partial charge < -0.3 is 4.74 Å². The zero-order valence-electron chi connectivity index (χ0n) is 17.3. The van der Waals surface area contributed by atoms with Gasteiger partial charge in [0.1, 0.15) is 17.9 Å². The Morgan fingerprint density at radius 3 is 2.59 bits per heavy atom. The summed E-state index contributed by atoms with van der Waals surface area (Å²) in [4.78, 5) is 39.4. The zero-order chi connectivity index (χ0) is 22.7. The number of benzene rings is 2. The Hall–Kier alpha value is -2.64. The molecule has 0 bridgehead atoms. The lowest BCUT2D eigenvalue weighted by molar-refractivity contribution is -0.132. The number of barbiturate groups is 1.